The molecule has 1 aromatic carbocycles. The van der Waals surface area contributed by atoms with E-state index < -0.39 is 12.1 Å². The lowest BCUT2D eigenvalue weighted by Gasteiger charge is -2.17. The van der Waals surface area contributed by atoms with Gasteiger partial charge in [0.15, 0.2) is 0 Å². The van der Waals surface area contributed by atoms with Gasteiger partial charge < -0.3 is 10.2 Å². The molecule has 0 aliphatic heterocycles. The van der Waals surface area contributed by atoms with E-state index in [0.29, 0.717) is 0 Å². The molecule has 0 fully saturated rings. The third-order valence-electron chi connectivity index (χ3n) is 3.03. The van der Waals surface area contributed by atoms with E-state index in [2.05, 4.69) is 0 Å². The molecule has 0 radical (unpaired) electrons. The summed E-state index contributed by atoms with van der Waals surface area (Å²) in [7, 11) is 0. The van der Waals surface area contributed by atoms with Crippen LogP contribution in [-0.4, -0.2) is 22.3 Å². The first-order chi connectivity index (χ1) is 7.18. The Balaban J connectivity index is 2.16. The minimum Gasteiger partial charge on any atom is -0.481 e. The summed E-state index contributed by atoms with van der Waals surface area (Å²) in [5.41, 5.74) is 2.36. The Bertz CT molecular complexity index is 373. The van der Waals surface area contributed by atoms with Gasteiger partial charge in [-0.25, -0.2) is 0 Å². The van der Waals surface area contributed by atoms with Crippen molar-refractivity contribution >= 4 is 5.97 Å². The van der Waals surface area contributed by atoms with Gasteiger partial charge in [0.2, 0.25) is 0 Å². The smallest absolute Gasteiger partial charge is 0.305 e. The van der Waals surface area contributed by atoms with Crippen LogP contribution in [0.5, 0.6) is 0 Å². The molecule has 0 bridgehead atoms. The number of rotatable bonds is 3. The number of aliphatic hydroxyl groups is 1. The fraction of sp³-hybridized carbons (Fsp3) is 0.417. The number of benzene rings is 1. The standard InChI is InChI=1S/C12H14O3/c13-11(7-12(14)15)10-6-5-8-3-1-2-4-9(8)10/h1-4,10-11,13H,5-7H2,(H,14,15)/t10?,11-/m1/s1. The van der Waals surface area contributed by atoms with Crippen LogP contribution in [0.15, 0.2) is 24.3 Å². The maximum absolute atomic E-state index is 10.5. The molecular formula is C12H14O3. The average molecular weight is 206 g/mol. The number of hydrogen-bond donors (Lipinski definition) is 2. The van der Waals surface area contributed by atoms with Crippen LogP contribution in [0.25, 0.3) is 0 Å². The van der Waals surface area contributed by atoms with E-state index in [9.17, 15) is 9.90 Å². The third kappa shape index (κ3) is 2.02. The Hall–Kier alpha value is -1.35. The molecule has 1 aromatic rings. The van der Waals surface area contributed by atoms with Crippen molar-refractivity contribution in [2.75, 3.05) is 0 Å². The summed E-state index contributed by atoms with van der Waals surface area (Å²) in [6.45, 7) is 0. The molecule has 2 atom stereocenters. The van der Waals surface area contributed by atoms with Gasteiger partial charge in [-0.1, -0.05) is 24.3 Å². The molecule has 1 aliphatic carbocycles. The highest BCUT2D eigenvalue weighted by Crippen LogP contribution is 2.36. The number of hydrogen-bond acceptors (Lipinski definition) is 2. The lowest BCUT2D eigenvalue weighted by molar-refractivity contribution is -0.139. The summed E-state index contributed by atoms with van der Waals surface area (Å²) in [6.07, 6.45) is 0.871. The maximum Gasteiger partial charge on any atom is 0.305 e. The second-order valence-corrected chi connectivity index (χ2v) is 4.01. The van der Waals surface area contributed by atoms with Crippen molar-refractivity contribution in [2.45, 2.75) is 31.3 Å². The molecule has 1 aliphatic rings. The molecule has 15 heavy (non-hydrogen) atoms. The quantitative estimate of drug-likeness (QED) is 0.788. The minimum atomic E-state index is -0.938. The van der Waals surface area contributed by atoms with Crippen molar-refractivity contribution < 1.29 is 15.0 Å². The SMILES string of the molecule is O=C(O)C[C@@H](O)C1CCc2ccccc21. The maximum atomic E-state index is 10.5. The number of aryl methyl sites for hydroxylation is 1. The summed E-state index contributed by atoms with van der Waals surface area (Å²) < 4.78 is 0. The summed E-state index contributed by atoms with van der Waals surface area (Å²) in [4.78, 5) is 10.5. The Morgan fingerprint density at radius 3 is 2.93 bits per heavy atom. The van der Waals surface area contributed by atoms with E-state index in [0.717, 1.165) is 18.4 Å². The van der Waals surface area contributed by atoms with Gasteiger partial charge in [-0.05, 0) is 24.0 Å². The molecule has 1 unspecified atom stereocenters. The predicted molar refractivity (Wildman–Crippen MR) is 55.8 cm³/mol. The van der Waals surface area contributed by atoms with Crippen molar-refractivity contribution in [3.05, 3.63) is 35.4 Å². The van der Waals surface area contributed by atoms with E-state index in [1.54, 1.807) is 0 Å². The van der Waals surface area contributed by atoms with Crippen LogP contribution in [0.4, 0.5) is 0 Å². The van der Waals surface area contributed by atoms with Gasteiger partial charge in [0.1, 0.15) is 0 Å². The monoisotopic (exact) mass is 206 g/mol. The topological polar surface area (TPSA) is 57.5 Å². The Morgan fingerprint density at radius 1 is 1.47 bits per heavy atom. The van der Waals surface area contributed by atoms with Crippen LogP contribution >= 0.6 is 0 Å². The van der Waals surface area contributed by atoms with Gasteiger partial charge in [0, 0.05) is 5.92 Å². The first-order valence-electron chi connectivity index (χ1n) is 5.16. The summed E-state index contributed by atoms with van der Waals surface area (Å²) in [5, 5.41) is 18.4. The number of fused-ring (bicyclic) bond motifs is 1. The Morgan fingerprint density at radius 2 is 2.20 bits per heavy atom. The van der Waals surface area contributed by atoms with E-state index in [4.69, 9.17) is 5.11 Å². The molecule has 0 saturated carbocycles. The van der Waals surface area contributed by atoms with Gasteiger partial charge in [-0.3, -0.25) is 4.79 Å². The molecular weight excluding hydrogens is 192 g/mol. The number of carboxylic acid groups (broad SMARTS) is 1. The fourth-order valence-corrected chi connectivity index (χ4v) is 2.31. The second kappa shape index (κ2) is 4.03. The van der Waals surface area contributed by atoms with Crippen LogP contribution in [0.3, 0.4) is 0 Å². The zero-order valence-corrected chi connectivity index (χ0v) is 8.39. The molecule has 0 saturated heterocycles. The van der Waals surface area contributed by atoms with E-state index in [-0.39, 0.29) is 12.3 Å². The van der Waals surface area contributed by atoms with Crippen LogP contribution in [0, 0.1) is 0 Å². The Kier molecular flexibility index (Phi) is 2.73. The number of carbonyl (C=O) groups is 1. The van der Waals surface area contributed by atoms with Crippen molar-refractivity contribution in [1.82, 2.24) is 0 Å². The van der Waals surface area contributed by atoms with Gasteiger partial charge in [0.25, 0.3) is 0 Å². The molecule has 0 amide bonds. The highest BCUT2D eigenvalue weighted by Gasteiger charge is 2.29. The highest BCUT2D eigenvalue weighted by molar-refractivity contribution is 5.67. The van der Waals surface area contributed by atoms with Gasteiger partial charge in [0.05, 0.1) is 12.5 Å². The summed E-state index contributed by atoms with van der Waals surface area (Å²) >= 11 is 0. The number of carboxylic acids is 1. The van der Waals surface area contributed by atoms with Crippen LogP contribution < -0.4 is 0 Å². The fourth-order valence-electron chi connectivity index (χ4n) is 2.31. The average Bonchev–Trinajstić information content (AvgIpc) is 2.59. The van der Waals surface area contributed by atoms with Crippen molar-refractivity contribution in [2.24, 2.45) is 0 Å². The van der Waals surface area contributed by atoms with Crippen molar-refractivity contribution in [3.8, 4) is 0 Å². The zero-order chi connectivity index (χ0) is 10.8. The summed E-state index contributed by atoms with van der Waals surface area (Å²) in [5.74, 6) is -0.941. The first-order valence-corrected chi connectivity index (χ1v) is 5.16. The molecule has 80 valence electrons. The molecule has 3 heteroatoms. The summed E-state index contributed by atoms with van der Waals surface area (Å²) in [6, 6.07) is 7.94. The van der Waals surface area contributed by atoms with E-state index >= 15 is 0 Å². The lowest BCUT2D eigenvalue weighted by Crippen LogP contribution is -2.20. The van der Waals surface area contributed by atoms with Gasteiger partial charge in [-0.15, -0.1) is 0 Å². The van der Waals surface area contributed by atoms with Crippen molar-refractivity contribution in [1.29, 1.82) is 0 Å². The molecule has 0 heterocycles. The van der Waals surface area contributed by atoms with Crippen LogP contribution in [-0.2, 0) is 11.2 Å². The second-order valence-electron chi connectivity index (χ2n) is 4.01. The first kappa shape index (κ1) is 10.2. The molecule has 2 rings (SSSR count). The number of aliphatic carboxylic acids is 1. The van der Waals surface area contributed by atoms with Gasteiger partial charge in [-0.2, -0.15) is 0 Å². The molecule has 0 aromatic heterocycles. The van der Waals surface area contributed by atoms with Gasteiger partial charge >= 0.3 is 5.97 Å². The molecule has 0 spiro atoms. The molecule has 2 N–H and O–H groups in total. The third-order valence-corrected chi connectivity index (χ3v) is 3.03. The van der Waals surface area contributed by atoms with Crippen LogP contribution in [0.2, 0.25) is 0 Å². The normalized spacial score (nSPS) is 21.0. The predicted octanol–water partition coefficient (Wildman–Crippen LogP) is 1.55. The number of aliphatic hydroxyl groups excluding tert-OH is 1. The molecule has 3 nitrogen and oxygen atoms in total. The van der Waals surface area contributed by atoms with E-state index in [1.165, 1.54) is 5.56 Å². The minimum absolute atomic E-state index is 0.00250. The van der Waals surface area contributed by atoms with E-state index in [1.807, 2.05) is 24.3 Å². The lowest BCUT2D eigenvalue weighted by atomic mass is 9.93. The van der Waals surface area contributed by atoms with Crippen LogP contribution in [0.1, 0.15) is 29.9 Å². The highest BCUT2D eigenvalue weighted by atomic mass is 16.4. The largest absolute Gasteiger partial charge is 0.481 e. The van der Waals surface area contributed by atoms with Crippen molar-refractivity contribution in [3.63, 3.8) is 0 Å². The Labute approximate surface area is 88.4 Å². The zero-order valence-electron chi connectivity index (χ0n) is 8.39.